The largest absolute Gasteiger partial charge is 0.381 e. The maximum absolute atomic E-state index is 5.32. The molecule has 0 unspecified atom stereocenters. The van der Waals surface area contributed by atoms with Gasteiger partial charge in [-0.15, -0.1) is 0 Å². The molecule has 82 valence electrons. The minimum Gasteiger partial charge on any atom is -0.381 e. The van der Waals surface area contributed by atoms with Gasteiger partial charge >= 0.3 is 0 Å². The van der Waals surface area contributed by atoms with Crippen molar-refractivity contribution in [2.24, 2.45) is 0 Å². The summed E-state index contributed by atoms with van der Waals surface area (Å²) in [6.07, 6.45) is 4.27. The molecule has 1 N–H and O–H groups in total. The summed E-state index contributed by atoms with van der Waals surface area (Å²) < 4.78 is 5.32. The van der Waals surface area contributed by atoms with Gasteiger partial charge in [-0.3, -0.25) is 4.90 Å². The highest BCUT2D eigenvalue weighted by Crippen LogP contribution is 2.28. The lowest BCUT2D eigenvalue weighted by Gasteiger charge is -2.45. The fraction of sp³-hybridized carbons (Fsp3) is 1.00. The topological polar surface area (TPSA) is 24.5 Å². The quantitative estimate of drug-likeness (QED) is 0.727. The van der Waals surface area contributed by atoms with Crippen LogP contribution < -0.4 is 5.32 Å². The van der Waals surface area contributed by atoms with Crippen molar-refractivity contribution in [2.45, 2.75) is 44.4 Å². The van der Waals surface area contributed by atoms with E-state index < -0.39 is 0 Å². The molecule has 1 saturated heterocycles. The SMILES string of the molecule is CC[C@@H]1CN(C2CC(OC)C2)CCN1. The highest BCUT2D eigenvalue weighted by atomic mass is 16.5. The zero-order chi connectivity index (χ0) is 9.97. The van der Waals surface area contributed by atoms with Crippen molar-refractivity contribution in [2.75, 3.05) is 26.7 Å². The van der Waals surface area contributed by atoms with Gasteiger partial charge in [-0.05, 0) is 19.3 Å². The Morgan fingerprint density at radius 2 is 2.21 bits per heavy atom. The minimum atomic E-state index is 0.537. The number of nitrogens with one attached hydrogen (secondary N) is 1. The zero-order valence-electron chi connectivity index (χ0n) is 9.33. The van der Waals surface area contributed by atoms with Crippen LogP contribution in [-0.2, 0) is 4.74 Å². The number of methoxy groups -OCH3 is 1. The maximum Gasteiger partial charge on any atom is 0.0601 e. The van der Waals surface area contributed by atoms with E-state index >= 15 is 0 Å². The lowest BCUT2D eigenvalue weighted by molar-refractivity contribution is -0.0347. The van der Waals surface area contributed by atoms with Crippen molar-refractivity contribution in [3.63, 3.8) is 0 Å². The Labute approximate surface area is 86.8 Å². The Hall–Kier alpha value is -0.120. The van der Waals surface area contributed by atoms with Gasteiger partial charge in [-0.2, -0.15) is 0 Å². The molecule has 0 bridgehead atoms. The van der Waals surface area contributed by atoms with E-state index in [0.717, 1.165) is 12.6 Å². The molecule has 14 heavy (non-hydrogen) atoms. The zero-order valence-corrected chi connectivity index (χ0v) is 9.33. The van der Waals surface area contributed by atoms with Crippen LogP contribution in [0.3, 0.4) is 0 Å². The first-order chi connectivity index (χ1) is 6.83. The average Bonchev–Trinajstić information content (AvgIpc) is 2.17. The van der Waals surface area contributed by atoms with Crippen molar-refractivity contribution in [1.82, 2.24) is 10.2 Å². The molecule has 3 nitrogen and oxygen atoms in total. The molecule has 0 aromatic heterocycles. The Morgan fingerprint density at radius 3 is 2.86 bits per heavy atom. The number of piperazine rings is 1. The third-order valence-corrected chi connectivity index (χ3v) is 3.70. The average molecular weight is 198 g/mol. The number of hydrogen-bond acceptors (Lipinski definition) is 3. The Morgan fingerprint density at radius 1 is 1.43 bits per heavy atom. The number of rotatable bonds is 3. The number of ether oxygens (including phenoxy) is 1. The summed E-state index contributed by atoms with van der Waals surface area (Å²) in [5.41, 5.74) is 0. The van der Waals surface area contributed by atoms with E-state index in [1.807, 2.05) is 7.11 Å². The molecule has 0 spiro atoms. The summed E-state index contributed by atoms with van der Waals surface area (Å²) in [5.74, 6) is 0. The molecule has 1 aliphatic heterocycles. The predicted molar refractivity (Wildman–Crippen MR) is 57.5 cm³/mol. The molecule has 2 rings (SSSR count). The molecule has 0 amide bonds. The third-order valence-electron chi connectivity index (χ3n) is 3.70. The lowest BCUT2D eigenvalue weighted by Crippen LogP contribution is -2.57. The van der Waals surface area contributed by atoms with Crippen LogP contribution in [0.15, 0.2) is 0 Å². The third kappa shape index (κ3) is 2.10. The van der Waals surface area contributed by atoms with Gasteiger partial charge in [0, 0.05) is 38.8 Å². The summed E-state index contributed by atoms with van der Waals surface area (Å²) >= 11 is 0. The molecule has 1 aliphatic carbocycles. The first-order valence-electron chi connectivity index (χ1n) is 5.83. The fourth-order valence-electron chi connectivity index (χ4n) is 2.48. The van der Waals surface area contributed by atoms with Crippen LogP contribution in [0.2, 0.25) is 0 Å². The van der Waals surface area contributed by atoms with Gasteiger partial charge in [-0.25, -0.2) is 0 Å². The van der Waals surface area contributed by atoms with Crippen molar-refractivity contribution >= 4 is 0 Å². The van der Waals surface area contributed by atoms with Crippen LogP contribution in [0.25, 0.3) is 0 Å². The molecular formula is C11H22N2O. The van der Waals surface area contributed by atoms with Gasteiger partial charge in [0.05, 0.1) is 6.10 Å². The second kappa shape index (κ2) is 4.60. The molecule has 1 atom stereocenters. The summed E-state index contributed by atoms with van der Waals surface area (Å²) in [6.45, 7) is 5.88. The summed E-state index contributed by atoms with van der Waals surface area (Å²) in [7, 11) is 1.83. The van der Waals surface area contributed by atoms with Crippen LogP contribution in [0, 0.1) is 0 Å². The Bertz CT molecular complexity index is 180. The van der Waals surface area contributed by atoms with E-state index in [-0.39, 0.29) is 0 Å². The highest BCUT2D eigenvalue weighted by Gasteiger charge is 2.35. The Kier molecular flexibility index (Phi) is 3.42. The van der Waals surface area contributed by atoms with Crippen molar-refractivity contribution in [3.8, 4) is 0 Å². The lowest BCUT2D eigenvalue weighted by atomic mass is 9.87. The van der Waals surface area contributed by atoms with Gasteiger partial charge < -0.3 is 10.1 Å². The van der Waals surface area contributed by atoms with Gasteiger partial charge in [-0.1, -0.05) is 6.92 Å². The van der Waals surface area contributed by atoms with Crippen molar-refractivity contribution < 1.29 is 4.74 Å². The molecule has 3 heteroatoms. The van der Waals surface area contributed by atoms with Crippen molar-refractivity contribution in [1.29, 1.82) is 0 Å². The van der Waals surface area contributed by atoms with Gasteiger partial charge in [0.25, 0.3) is 0 Å². The van der Waals surface area contributed by atoms with E-state index in [9.17, 15) is 0 Å². The fourth-order valence-corrected chi connectivity index (χ4v) is 2.48. The van der Waals surface area contributed by atoms with E-state index in [1.54, 1.807) is 0 Å². The molecule has 2 fully saturated rings. The summed E-state index contributed by atoms with van der Waals surface area (Å²) in [6, 6.07) is 1.52. The maximum atomic E-state index is 5.32. The van der Waals surface area contributed by atoms with Crippen LogP contribution in [0.4, 0.5) is 0 Å². The Balaban J connectivity index is 1.75. The first-order valence-corrected chi connectivity index (χ1v) is 5.83. The van der Waals surface area contributed by atoms with E-state index in [2.05, 4.69) is 17.1 Å². The molecule has 0 aromatic rings. The highest BCUT2D eigenvalue weighted by molar-refractivity contribution is 4.91. The van der Waals surface area contributed by atoms with Crippen LogP contribution >= 0.6 is 0 Å². The van der Waals surface area contributed by atoms with Gasteiger partial charge in [0.1, 0.15) is 0 Å². The first kappa shape index (κ1) is 10.4. The molecule has 1 heterocycles. The standard InChI is InChI=1S/C11H22N2O/c1-3-9-8-13(5-4-12-9)10-6-11(7-10)14-2/h9-12H,3-8H2,1-2H3/t9-,10?,11?/m1/s1. The molecular weight excluding hydrogens is 176 g/mol. The van der Waals surface area contributed by atoms with Gasteiger partial charge in [0.15, 0.2) is 0 Å². The van der Waals surface area contributed by atoms with Gasteiger partial charge in [0.2, 0.25) is 0 Å². The minimum absolute atomic E-state index is 0.537. The van der Waals surface area contributed by atoms with Crippen LogP contribution in [0.5, 0.6) is 0 Å². The van der Waals surface area contributed by atoms with Crippen LogP contribution in [0.1, 0.15) is 26.2 Å². The normalized spacial score (nSPS) is 39.4. The monoisotopic (exact) mass is 198 g/mol. The summed E-state index contributed by atoms with van der Waals surface area (Å²) in [4.78, 5) is 2.64. The second-order valence-corrected chi connectivity index (χ2v) is 4.54. The van der Waals surface area contributed by atoms with Crippen LogP contribution in [-0.4, -0.2) is 49.8 Å². The molecule has 1 saturated carbocycles. The smallest absolute Gasteiger partial charge is 0.0601 e. The number of nitrogens with zero attached hydrogens (tertiary/aromatic N) is 1. The van der Waals surface area contributed by atoms with Crippen molar-refractivity contribution in [3.05, 3.63) is 0 Å². The van der Waals surface area contributed by atoms with E-state index in [1.165, 1.54) is 32.4 Å². The predicted octanol–water partition coefficient (Wildman–Crippen LogP) is 0.848. The second-order valence-electron chi connectivity index (χ2n) is 4.54. The summed E-state index contributed by atoms with van der Waals surface area (Å²) in [5, 5.41) is 3.55. The molecule has 0 aromatic carbocycles. The van der Waals surface area contributed by atoms with E-state index in [0.29, 0.717) is 12.1 Å². The molecule has 2 aliphatic rings. The number of hydrogen-bond donors (Lipinski definition) is 1. The molecule has 0 radical (unpaired) electrons. The van der Waals surface area contributed by atoms with E-state index in [4.69, 9.17) is 4.74 Å².